The van der Waals surface area contributed by atoms with Gasteiger partial charge >= 0.3 is 0 Å². The van der Waals surface area contributed by atoms with E-state index in [0.717, 1.165) is 0 Å². The van der Waals surface area contributed by atoms with E-state index in [0.29, 0.717) is 24.0 Å². The van der Waals surface area contributed by atoms with Crippen molar-refractivity contribution in [2.24, 2.45) is 17.1 Å². The summed E-state index contributed by atoms with van der Waals surface area (Å²) in [4.78, 5) is 0. The summed E-state index contributed by atoms with van der Waals surface area (Å²) in [6.45, 7) is 0.398. The minimum absolute atomic E-state index is 0.398. The fourth-order valence-corrected chi connectivity index (χ4v) is 2.52. The molecule has 0 aliphatic heterocycles. The summed E-state index contributed by atoms with van der Waals surface area (Å²) in [5, 5.41) is 8.96. The predicted octanol–water partition coefficient (Wildman–Crippen LogP) is 0.886. The first-order valence-electron chi connectivity index (χ1n) is 4.63. The second-order valence-corrected chi connectivity index (χ2v) is 4.28. The van der Waals surface area contributed by atoms with E-state index < -0.39 is 0 Å². The molecule has 0 radical (unpaired) electrons. The van der Waals surface area contributed by atoms with Gasteiger partial charge in [-0.25, -0.2) is 0 Å². The molecular formula is C9H17NO. The molecule has 2 aliphatic carbocycles. The van der Waals surface area contributed by atoms with Crippen molar-refractivity contribution in [3.8, 4) is 0 Å². The van der Waals surface area contributed by atoms with Crippen molar-refractivity contribution < 1.29 is 5.11 Å². The van der Waals surface area contributed by atoms with Crippen LogP contribution in [0.2, 0.25) is 0 Å². The Morgan fingerprint density at radius 1 is 1.36 bits per heavy atom. The van der Waals surface area contributed by atoms with Gasteiger partial charge in [0.1, 0.15) is 0 Å². The van der Waals surface area contributed by atoms with Gasteiger partial charge in [-0.05, 0) is 43.4 Å². The van der Waals surface area contributed by atoms with Crippen molar-refractivity contribution in [1.29, 1.82) is 0 Å². The van der Waals surface area contributed by atoms with Crippen LogP contribution in [0, 0.1) is 11.3 Å². The monoisotopic (exact) mass is 155 g/mol. The van der Waals surface area contributed by atoms with Crippen LogP contribution in [0.15, 0.2) is 0 Å². The Morgan fingerprint density at radius 2 is 2.00 bits per heavy atom. The van der Waals surface area contributed by atoms with E-state index in [2.05, 4.69) is 0 Å². The van der Waals surface area contributed by atoms with Gasteiger partial charge in [0.05, 0.1) is 0 Å². The maximum atomic E-state index is 8.96. The van der Waals surface area contributed by atoms with Crippen molar-refractivity contribution in [2.75, 3.05) is 6.61 Å². The molecular weight excluding hydrogens is 138 g/mol. The van der Waals surface area contributed by atoms with Crippen molar-refractivity contribution in [1.82, 2.24) is 0 Å². The quantitative estimate of drug-likeness (QED) is 0.590. The SMILES string of the molecule is NC1CCC2(CC1)CC2CO. The zero-order valence-electron chi connectivity index (χ0n) is 6.92. The molecule has 0 amide bonds. The number of nitrogens with two attached hydrogens (primary N) is 1. The molecule has 2 fully saturated rings. The average molecular weight is 155 g/mol. The maximum absolute atomic E-state index is 8.96. The topological polar surface area (TPSA) is 46.2 Å². The first kappa shape index (κ1) is 7.56. The third kappa shape index (κ3) is 1.18. The highest BCUT2D eigenvalue weighted by molar-refractivity contribution is 5.04. The smallest absolute Gasteiger partial charge is 0.0464 e. The molecule has 1 atom stereocenters. The lowest BCUT2D eigenvalue weighted by molar-refractivity contribution is 0.214. The molecule has 3 N–H and O–H groups in total. The van der Waals surface area contributed by atoms with Crippen LogP contribution in [-0.4, -0.2) is 17.8 Å². The number of aliphatic hydroxyl groups is 1. The first-order chi connectivity index (χ1) is 5.27. The third-order valence-electron chi connectivity index (χ3n) is 3.61. The van der Waals surface area contributed by atoms with Gasteiger partial charge in [-0.2, -0.15) is 0 Å². The molecule has 1 spiro atoms. The van der Waals surface area contributed by atoms with Crippen molar-refractivity contribution >= 4 is 0 Å². The van der Waals surface area contributed by atoms with Crippen LogP contribution in [0.4, 0.5) is 0 Å². The molecule has 2 nitrogen and oxygen atoms in total. The van der Waals surface area contributed by atoms with Crippen LogP contribution in [0.3, 0.4) is 0 Å². The lowest BCUT2D eigenvalue weighted by Gasteiger charge is -2.26. The molecule has 0 bridgehead atoms. The summed E-state index contributed by atoms with van der Waals surface area (Å²) >= 11 is 0. The molecule has 0 aromatic heterocycles. The summed E-state index contributed by atoms with van der Waals surface area (Å²) < 4.78 is 0. The standard InChI is InChI=1S/C9H17NO/c10-8-1-3-9(4-2-8)5-7(9)6-11/h7-8,11H,1-6,10H2. The van der Waals surface area contributed by atoms with Gasteiger partial charge in [-0.1, -0.05) is 0 Å². The van der Waals surface area contributed by atoms with E-state index in [4.69, 9.17) is 10.8 Å². The number of hydrogen-bond donors (Lipinski definition) is 2. The van der Waals surface area contributed by atoms with Crippen molar-refractivity contribution in [3.05, 3.63) is 0 Å². The zero-order valence-corrected chi connectivity index (χ0v) is 6.92. The molecule has 0 aromatic rings. The Labute approximate surface area is 67.8 Å². The first-order valence-corrected chi connectivity index (χ1v) is 4.63. The highest BCUT2D eigenvalue weighted by atomic mass is 16.3. The van der Waals surface area contributed by atoms with E-state index in [1.54, 1.807) is 0 Å². The maximum Gasteiger partial charge on any atom is 0.0464 e. The van der Waals surface area contributed by atoms with Crippen LogP contribution < -0.4 is 5.73 Å². The summed E-state index contributed by atoms with van der Waals surface area (Å²) in [5.74, 6) is 0.620. The molecule has 1 unspecified atom stereocenters. The van der Waals surface area contributed by atoms with E-state index in [1.807, 2.05) is 0 Å². The summed E-state index contributed by atoms with van der Waals surface area (Å²) in [5.41, 5.74) is 6.35. The number of hydrogen-bond acceptors (Lipinski definition) is 2. The molecule has 0 heterocycles. The predicted molar refractivity (Wildman–Crippen MR) is 44.1 cm³/mol. The summed E-state index contributed by atoms with van der Waals surface area (Å²) in [7, 11) is 0. The summed E-state index contributed by atoms with van der Waals surface area (Å²) in [6, 6.07) is 0.445. The van der Waals surface area contributed by atoms with Gasteiger partial charge < -0.3 is 10.8 Å². The normalized spacial score (nSPS) is 49.6. The molecule has 2 saturated carbocycles. The van der Waals surface area contributed by atoms with Gasteiger partial charge in [0.15, 0.2) is 0 Å². The highest BCUT2D eigenvalue weighted by Gasteiger charge is 2.53. The van der Waals surface area contributed by atoms with Crippen LogP contribution >= 0.6 is 0 Å². The molecule has 0 aromatic carbocycles. The van der Waals surface area contributed by atoms with Gasteiger partial charge in [-0.15, -0.1) is 0 Å². The van der Waals surface area contributed by atoms with Crippen LogP contribution in [0.1, 0.15) is 32.1 Å². The number of aliphatic hydroxyl groups excluding tert-OH is 1. The van der Waals surface area contributed by atoms with E-state index in [1.165, 1.54) is 32.1 Å². The lowest BCUT2D eigenvalue weighted by atomic mass is 9.82. The fourth-order valence-electron chi connectivity index (χ4n) is 2.52. The Kier molecular flexibility index (Phi) is 1.69. The molecule has 64 valence electrons. The fraction of sp³-hybridized carbons (Fsp3) is 1.00. The minimum Gasteiger partial charge on any atom is -0.396 e. The molecule has 0 saturated heterocycles. The Bertz CT molecular complexity index is 150. The Morgan fingerprint density at radius 3 is 2.45 bits per heavy atom. The third-order valence-corrected chi connectivity index (χ3v) is 3.61. The van der Waals surface area contributed by atoms with Crippen LogP contribution in [0.25, 0.3) is 0 Å². The van der Waals surface area contributed by atoms with E-state index in [-0.39, 0.29) is 0 Å². The number of rotatable bonds is 1. The molecule has 11 heavy (non-hydrogen) atoms. The summed E-state index contributed by atoms with van der Waals surface area (Å²) in [6.07, 6.45) is 6.14. The van der Waals surface area contributed by atoms with Crippen molar-refractivity contribution in [3.63, 3.8) is 0 Å². The van der Waals surface area contributed by atoms with Crippen LogP contribution in [0.5, 0.6) is 0 Å². The second kappa shape index (κ2) is 2.46. The van der Waals surface area contributed by atoms with Gasteiger partial charge in [0.2, 0.25) is 0 Å². The van der Waals surface area contributed by atoms with Gasteiger partial charge in [0.25, 0.3) is 0 Å². The average Bonchev–Trinajstić information content (AvgIpc) is 2.71. The molecule has 2 aliphatic rings. The van der Waals surface area contributed by atoms with E-state index in [9.17, 15) is 0 Å². The van der Waals surface area contributed by atoms with E-state index >= 15 is 0 Å². The van der Waals surface area contributed by atoms with Gasteiger partial charge in [0, 0.05) is 12.6 Å². The molecule has 2 rings (SSSR count). The van der Waals surface area contributed by atoms with Crippen molar-refractivity contribution in [2.45, 2.75) is 38.1 Å². The second-order valence-electron chi connectivity index (χ2n) is 4.28. The molecule has 2 heteroatoms. The Balaban J connectivity index is 1.89. The largest absolute Gasteiger partial charge is 0.396 e. The zero-order chi connectivity index (χ0) is 7.90. The van der Waals surface area contributed by atoms with Gasteiger partial charge in [-0.3, -0.25) is 0 Å². The highest BCUT2D eigenvalue weighted by Crippen LogP contribution is 2.60. The minimum atomic E-state index is 0.398. The van der Waals surface area contributed by atoms with Crippen LogP contribution in [-0.2, 0) is 0 Å². The Hall–Kier alpha value is -0.0800. The lowest BCUT2D eigenvalue weighted by Crippen LogP contribution is -2.28.